The van der Waals surface area contributed by atoms with Crippen LogP contribution < -0.4 is 50.0 Å². The molecular formula is CH13N9. The molecule has 0 aromatic carbocycles. The van der Waals surface area contributed by atoms with Crippen LogP contribution >= 0.6 is 0 Å². The summed E-state index contributed by atoms with van der Waals surface area (Å²) in [5.41, 5.74) is 19.5. The number of nitrogens with two attached hydrogens (primary N) is 1. The molecule has 9 heteroatoms. The van der Waals surface area contributed by atoms with Crippen LogP contribution in [0.3, 0.4) is 0 Å². The van der Waals surface area contributed by atoms with Gasteiger partial charge in [-0.25, -0.2) is 5.43 Å². The highest BCUT2D eigenvalue weighted by Gasteiger charge is 1.75. The number of nitrogens with one attached hydrogen (secondary N) is 8. The molecule has 0 aromatic rings. The fourth-order valence-electron chi connectivity index (χ4n) is 0.224. The maximum absolute atomic E-state index is 4.83. The fraction of sp³-hybridized carbons (Fsp3) is 1.00. The lowest BCUT2D eigenvalue weighted by Gasteiger charge is -2.09. The van der Waals surface area contributed by atoms with Crippen LogP contribution in [0.1, 0.15) is 0 Å². The minimum absolute atomic E-state index is 1.71. The number of hydrogen-bond acceptors (Lipinski definition) is 9. The largest absolute Gasteiger partial charge is 0.257 e. The van der Waals surface area contributed by atoms with E-state index in [1.165, 1.54) is 0 Å². The molecule has 62 valence electrons. The van der Waals surface area contributed by atoms with E-state index in [0.29, 0.717) is 0 Å². The summed E-state index contributed by atoms with van der Waals surface area (Å²) in [6, 6.07) is 0. The van der Waals surface area contributed by atoms with Crippen LogP contribution in [0.2, 0.25) is 0 Å². The fourth-order valence-corrected chi connectivity index (χ4v) is 0.224. The second kappa shape index (κ2) is 8.64. The quantitative estimate of drug-likeness (QED) is 0.101. The molecule has 0 saturated heterocycles. The molecule has 10 heavy (non-hydrogen) atoms. The maximum atomic E-state index is 4.83. The molecule has 0 amide bonds. The van der Waals surface area contributed by atoms with Crippen molar-refractivity contribution in [3.63, 3.8) is 0 Å². The molecule has 0 heterocycles. The van der Waals surface area contributed by atoms with Gasteiger partial charge < -0.3 is 0 Å². The van der Waals surface area contributed by atoms with Crippen LogP contribution in [0, 0.1) is 0 Å². The third-order valence-corrected chi connectivity index (χ3v) is 0.510. The van der Waals surface area contributed by atoms with E-state index in [2.05, 4.69) is 44.2 Å². The Balaban J connectivity index is 2.65. The molecule has 0 aromatic heterocycles. The Bertz CT molecular complexity index is 44.7. The minimum atomic E-state index is 1.71. The summed E-state index contributed by atoms with van der Waals surface area (Å²) in [6.07, 6.45) is 0. The van der Waals surface area contributed by atoms with Crippen molar-refractivity contribution >= 4 is 0 Å². The van der Waals surface area contributed by atoms with E-state index in [9.17, 15) is 0 Å². The average molecular weight is 151 g/mol. The van der Waals surface area contributed by atoms with Crippen molar-refractivity contribution in [2.24, 2.45) is 5.84 Å². The minimum Gasteiger partial charge on any atom is -0.257 e. The molecule has 0 aliphatic carbocycles. The van der Waals surface area contributed by atoms with Crippen molar-refractivity contribution in [3.05, 3.63) is 0 Å². The van der Waals surface area contributed by atoms with Gasteiger partial charge in [0.1, 0.15) is 0 Å². The van der Waals surface area contributed by atoms with Crippen molar-refractivity contribution in [1.82, 2.24) is 44.2 Å². The van der Waals surface area contributed by atoms with Crippen molar-refractivity contribution < 1.29 is 0 Å². The summed E-state index contributed by atoms with van der Waals surface area (Å²) in [5.74, 6) is 4.83. The summed E-state index contributed by atoms with van der Waals surface area (Å²) in [7, 11) is 1.71. The van der Waals surface area contributed by atoms with Gasteiger partial charge in [0.2, 0.25) is 0 Å². The van der Waals surface area contributed by atoms with Gasteiger partial charge >= 0.3 is 0 Å². The molecule has 0 fully saturated rings. The lowest BCUT2D eigenvalue weighted by molar-refractivity contribution is 0.262. The zero-order chi connectivity index (χ0) is 7.66. The van der Waals surface area contributed by atoms with E-state index in [-0.39, 0.29) is 0 Å². The van der Waals surface area contributed by atoms with Crippen molar-refractivity contribution in [1.29, 1.82) is 0 Å². The van der Waals surface area contributed by atoms with E-state index in [0.717, 1.165) is 0 Å². The molecule has 0 spiro atoms. The van der Waals surface area contributed by atoms with Gasteiger partial charge in [0.05, 0.1) is 0 Å². The SMILES string of the molecule is CNNNNNNNNN. The van der Waals surface area contributed by atoms with Crippen molar-refractivity contribution in [2.75, 3.05) is 7.05 Å². The Morgan fingerprint density at radius 3 is 1.80 bits per heavy atom. The average Bonchev–Trinajstić information content (AvgIpc) is 1.97. The predicted molar refractivity (Wildman–Crippen MR) is 35.2 cm³/mol. The van der Waals surface area contributed by atoms with Gasteiger partial charge in [0.15, 0.2) is 0 Å². The highest BCUT2D eigenvalue weighted by atomic mass is 15.9. The Morgan fingerprint density at radius 2 is 1.30 bits per heavy atom. The lowest BCUT2D eigenvalue weighted by atomic mass is 11.5. The third-order valence-electron chi connectivity index (χ3n) is 0.510. The maximum Gasteiger partial charge on any atom is -0.000111 e. The van der Waals surface area contributed by atoms with E-state index < -0.39 is 0 Å². The molecule has 0 rings (SSSR count). The Hall–Kier alpha value is -0.360. The van der Waals surface area contributed by atoms with Crippen LogP contribution in [0.5, 0.6) is 0 Å². The van der Waals surface area contributed by atoms with Crippen molar-refractivity contribution in [3.8, 4) is 0 Å². The van der Waals surface area contributed by atoms with Gasteiger partial charge in [0.25, 0.3) is 0 Å². The van der Waals surface area contributed by atoms with Gasteiger partial charge in [0, 0.05) is 0 Å². The third kappa shape index (κ3) is 7.64. The van der Waals surface area contributed by atoms with Crippen LogP contribution in [-0.4, -0.2) is 7.05 Å². The van der Waals surface area contributed by atoms with Gasteiger partial charge in [-0.2, -0.15) is 38.7 Å². The molecule has 0 unspecified atom stereocenters. The molecule has 0 aliphatic heterocycles. The summed E-state index contributed by atoms with van der Waals surface area (Å²) in [6.45, 7) is 0. The normalized spacial score (nSPS) is 10.2. The zero-order valence-corrected chi connectivity index (χ0v) is 5.58. The van der Waals surface area contributed by atoms with Gasteiger partial charge in [-0.05, 0) is 7.05 Å². The smallest absolute Gasteiger partial charge is 0.000111 e. The first-order valence-corrected chi connectivity index (χ1v) is 2.54. The molecule has 0 aliphatic rings. The predicted octanol–water partition coefficient (Wildman–Crippen LogP) is -4.39. The summed E-state index contributed by atoms with van der Waals surface area (Å²) in [4.78, 5) is 0. The molecule has 0 saturated carbocycles. The van der Waals surface area contributed by atoms with Crippen LogP contribution in [0.25, 0.3) is 0 Å². The van der Waals surface area contributed by atoms with E-state index in [1.54, 1.807) is 7.05 Å². The number of hydrazine groups is 8. The van der Waals surface area contributed by atoms with E-state index in [4.69, 9.17) is 5.84 Å². The zero-order valence-electron chi connectivity index (χ0n) is 5.58. The molecule has 10 N–H and O–H groups in total. The van der Waals surface area contributed by atoms with E-state index >= 15 is 0 Å². The van der Waals surface area contributed by atoms with Crippen LogP contribution in [0.4, 0.5) is 0 Å². The van der Waals surface area contributed by atoms with Crippen LogP contribution in [-0.2, 0) is 0 Å². The standard InChI is InChI=1S/CH13N9/c1-3-5-7-9-10-8-6-4-2/h3-10H,2H2,1H3. The Kier molecular flexibility index (Phi) is 8.33. The second-order valence-electron chi connectivity index (χ2n) is 1.14. The summed E-state index contributed by atoms with van der Waals surface area (Å²) in [5, 5.41) is 0. The summed E-state index contributed by atoms with van der Waals surface area (Å²) < 4.78 is 0. The molecule has 0 bridgehead atoms. The van der Waals surface area contributed by atoms with E-state index in [1.807, 2.05) is 0 Å². The first-order chi connectivity index (χ1) is 4.91. The lowest BCUT2D eigenvalue weighted by Crippen LogP contribution is -2.63. The van der Waals surface area contributed by atoms with Crippen molar-refractivity contribution in [2.45, 2.75) is 0 Å². The number of rotatable bonds is 7. The topological polar surface area (TPSA) is 122 Å². The molecule has 0 atom stereocenters. The molecule has 9 nitrogen and oxygen atoms in total. The first-order valence-electron chi connectivity index (χ1n) is 2.54. The Morgan fingerprint density at radius 1 is 0.800 bits per heavy atom. The second-order valence-corrected chi connectivity index (χ2v) is 1.14. The Labute approximate surface area is 58.2 Å². The van der Waals surface area contributed by atoms with Crippen LogP contribution in [0.15, 0.2) is 0 Å². The van der Waals surface area contributed by atoms with Gasteiger partial charge in [-0.15, -0.1) is 0 Å². The highest BCUT2D eigenvalue weighted by Crippen LogP contribution is 1.23. The van der Waals surface area contributed by atoms with Gasteiger partial charge in [-0.1, -0.05) is 0 Å². The molecular weight excluding hydrogens is 138 g/mol. The number of hydrogen-bond donors (Lipinski definition) is 9. The highest BCUT2D eigenvalue weighted by molar-refractivity contribution is 4.11. The van der Waals surface area contributed by atoms with Gasteiger partial charge in [-0.3, -0.25) is 5.84 Å². The monoisotopic (exact) mass is 151 g/mol. The molecule has 0 radical (unpaired) electrons. The first kappa shape index (κ1) is 9.64. The summed E-state index contributed by atoms with van der Waals surface area (Å²) >= 11 is 0.